The molecule has 0 spiro atoms. The van der Waals surface area contributed by atoms with Gasteiger partial charge in [-0.05, 0) is 31.6 Å². The average Bonchev–Trinajstić information content (AvgIpc) is 3.23. The van der Waals surface area contributed by atoms with E-state index in [0.717, 1.165) is 43.0 Å². The summed E-state index contributed by atoms with van der Waals surface area (Å²) < 4.78 is 7.23. The lowest BCUT2D eigenvalue weighted by Gasteiger charge is -2.27. The van der Waals surface area contributed by atoms with Crippen LogP contribution in [0.25, 0.3) is 16.9 Å². The van der Waals surface area contributed by atoms with Crippen LogP contribution < -0.4 is 5.32 Å². The topological polar surface area (TPSA) is 93.0 Å². The van der Waals surface area contributed by atoms with Gasteiger partial charge in [0.05, 0.1) is 11.9 Å². The van der Waals surface area contributed by atoms with Crippen LogP contribution in [-0.4, -0.2) is 49.0 Å². The van der Waals surface area contributed by atoms with Crippen LogP contribution >= 0.6 is 0 Å². The molecule has 4 heterocycles. The lowest BCUT2D eigenvalue weighted by molar-refractivity contribution is 0.0903. The van der Waals surface area contributed by atoms with E-state index in [4.69, 9.17) is 9.72 Å². The molecule has 8 nitrogen and oxygen atoms in total. The molecule has 0 unspecified atom stereocenters. The number of ether oxygens (including phenoxy) is 1. The van der Waals surface area contributed by atoms with Crippen LogP contribution in [-0.2, 0) is 4.74 Å². The largest absolute Gasteiger partial charge is 0.381 e. The van der Waals surface area contributed by atoms with Crippen LogP contribution in [0.5, 0.6) is 0 Å². The van der Waals surface area contributed by atoms with Gasteiger partial charge in [-0.15, -0.1) is 5.10 Å². The fraction of sp³-hybridized carbons (Fsp3) is 0.529. The van der Waals surface area contributed by atoms with Crippen LogP contribution in [0.4, 0.5) is 5.95 Å². The van der Waals surface area contributed by atoms with Crippen LogP contribution in [0.1, 0.15) is 43.6 Å². The summed E-state index contributed by atoms with van der Waals surface area (Å²) in [6.45, 7) is 1.59. The molecule has 0 aromatic carbocycles. The fourth-order valence-corrected chi connectivity index (χ4v) is 3.64. The first-order chi connectivity index (χ1) is 12.4. The van der Waals surface area contributed by atoms with Gasteiger partial charge in [-0.25, -0.2) is 9.50 Å². The first-order valence-electron chi connectivity index (χ1n) is 8.97. The first-order valence-corrected chi connectivity index (χ1v) is 8.97. The molecule has 1 saturated heterocycles. The van der Waals surface area contributed by atoms with Crippen LogP contribution in [0.3, 0.4) is 0 Å². The number of aromatic nitrogens is 6. The van der Waals surface area contributed by atoms with E-state index in [0.29, 0.717) is 17.9 Å². The minimum atomic E-state index is 0.375. The van der Waals surface area contributed by atoms with Gasteiger partial charge >= 0.3 is 0 Å². The van der Waals surface area contributed by atoms with E-state index in [-0.39, 0.29) is 0 Å². The quantitative estimate of drug-likeness (QED) is 0.758. The molecule has 130 valence electrons. The van der Waals surface area contributed by atoms with E-state index in [9.17, 15) is 0 Å². The highest BCUT2D eigenvalue weighted by atomic mass is 16.5. The van der Waals surface area contributed by atoms with Crippen LogP contribution in [0, 0.1) is 0 Å². The van der Waals surface area contributed by atoms with Crippen molar-refractivity contribution < 1.29 is 4.74 Å². The second-order valence-corrected chi connectivity index (χ2v) is 6.86. The molecule has 1 saturated carbocycles. The third-order valence-electron chi connectivity index (χ3n) is 5.26. The Balaban J connectivity index is 1.55. The molecule has 25 heavy (non-hydrogen) atoms. The maximum absolute atomic E-state index is 5.42. The van der Waals surface area contributed by atoms with E-state index >= 15 is 0 Å². The van der Waals surface area contributed by atoms with Gasteiger partial charge in [-0.2, -0.15) is 10.1 Å². The summed E-state index contributed by atoms with van der Waals surface area (Å²) >= 11 is 0. The molecule has 1 aliphatic carbocycles. The molecule has 2 aliphatic rings. The monoisotopic (exact) mass is 339 g/mol. The smallest absolute Gasteiger partial charge is 0.243 e. The lowest BCUT2D eigenvalue weighted by Crippen LogP contribution is -2.28. The Labute approximate surface area is 145 Å². The van der Waals surface area contributed by atoms with Crippen LogP contribution in [0.2, 0.25) is 0 Å². The van der Waals surface area contributed by atoms with Crippen molar-refractivity contribution in [1.29, 1.82) is 0 Å². The van der Waals surface area contributed by atoms with Crippen molar-refractivity contribution in [1.82, 2.24) is 29.8 Å². The number of nitrogens with zero attached hydrogens (tertiary/aromatic N) is 5. The molecule has 8 heteroatoms. The molecule has 3 aromatic rings. The van der Waals surface area contributed by atoms with E-state index < -0.39 is 0 Å². The Morgan fingerprint density at radius 3 is 2.80 bits per heavy atom. The van der Waals surface area contributed by atoms with Gasteiger partial charge in [0.25, 0.3) is 0 Å². The Kier molecular flexibility index (Phi) is 3.62. The zero-order valence-electron chi connectivity index (χ0n) is 14.0. The van der Waals surface area contributed by atoms with Crippen molar-refractivity contribution in [2.24, 2.45) is 0 Å². The van der Waals surface area contributed by atoms with E-state index in [1.807, 2.05) is 12.4 Å². The Bertz CT molecular complexity index is 863. The summed E-state index contributed by atoms with van der Waals surface area (Å²) in [5.41, 5.74) is 4.08. The first kappa shape index (κ1) is 14.8. The Morgan fingerprint density at radius 1 is 1.20 bits per heavy atom. The summed E-state index contributed by atoms with van der Waals surface area (Å²) in [7, 11) is 0. The number of nitrogens with one attached hydrogen (secondary N) is 2. The van der Waals surface area contributed by atoms with Gasteiger partial charge in [-0.3, -0.25) is 5.10 Å². The molecule has 3 aromatic heterocycles. The second-order valence-electron chi connectivity index (χ2n) is 6.86. The predicted octanol–water partition coefficient (Wildman–Crippen LogP) is 2.37. The summed E-state index contributed by atoms with van der Waals surface area (Å²) in [5.74, 6) is 1.18. The van der Waals surface area contributed by atoms with Gasteiger partial charge in [0.1, 0.15) is 6.33 Å². The number of anilines is 1. The molecule has 2 N–H and O–H groups in total. The Hall–Kier alpha value is -2.48. The number of rotatable bonds is 4. The highest BCUT2D eigenvalue weighted by Crippen LogP contribution is 2.42. The highest BCUT2D eigenvalue weighted by molar-refractivity contribution is 5.70. The average molecular weight is 339 g/mol. The summed E-state index contributed by atoms with van der Waals surface area (Å²) in [6, 6.07) is 0.375. The van der Waals surface area contributed by atoms with Crippen molar-refractivity contribution in [2.75, 3.05) is 18.5 Å². The molecule has 0 amide bonds. The third-order valence-corrected chi connectivity index (χ3v) is 5.26. The normalized spacial score (nSPS) is 19.2. The number of hydrogen-bond acceptors (Lipinski definition) is 6. The van der Waals surface area contributed by atoms with E-state index in [1.54, 1.807) is 10.8 Å². The number of H-pyrrole nitrogens is 1. The van der Waals surface area contributed by atoms with Crippen molar-refractivity contribution in [3.05, 3.63) is 24.3 Å². The van der Waals surface area contributed by atoms with Crippen molar-refractivity contribution in [2.45, 2.75) is 44.1 Å². The van der Waals surface area contributed by atoms with Crippen molar-refractivity contribution >= 4 is 11.6 Å². The lowest BCUT2D eigenvalue weighted by atomic mass is 9.79. The maximum Gasteiger partial charge on any atom is 0.243 e. The summed E-state index contributed by atoms with van der Waals surface area (Å²) in [4.78, 5) is 9.47. The SMILES string of the molecule is c1n[nH]cc1-c1ncn2nc(NC3CCOCC3)nc2c1C1CCC1. The second kappa shape index (κ2) is 6.11. The fourth-order valence-electron chi connectivity index (χ4n) is 3.64. The van der Waals surface area contributed by atoms with Crippen LogP contribution in [0.15, 0.2) is 18.7 Å². The maximum atomic E-state index is 5.42. The molecule has 0 atom stereocenters. The molecule has 0 bridgehead atoms. The molecule has 2 fully saturated rings. The molecular formula is C17H21N7O. The van der Waals surface area contributed by atoms with Gasteiger partial charge in [-0.1, -0.05) is 6.42 Å². The highest BCUT2D eigenvalue weighted by Gasteiger charge is 2.28. The molecule has 1 aliphatic heterocycles. The molecule has 5 rings (SSSR count). The number of hydrogen-bond donors (Lipinski definition) is 2. The zero-order valence-corrected chi connectivity index (χ0v) is 14.0. The predicted molar refractivity (Wildman–Crippen MR) is 92.4 cm³/mol. The summed E-state index contributed by atoms with van der Waals surface area (Å²) in [5, 5.41) is 15.0. The zero-order chi connectivity index (χ0) is 16.6. The van der Waals surface area contributed by atoms with Crippen molar-refractivity contribution in [3.63, 3.8) is 0 Å². The third kappa shape index (κ3) is 2.66. The minimum absolute atomic E-state index is 0.375. The molecule has 0 radical (unpaired) electrons. The van der Waals surface area contributed by atoms with E-state index in [1.165, 1.54) is 24.8 Å². The van der Waals surface area contributed by atoms with Crippen molar-refractivity contribution in [3.8, 4) is 11.3 Å². The standard InChI is InChI=1S/C17H21N7O/c1-2-11(3-1)14-15(12-8-19-20-9-12)18-10-24-16(14)22-17(23-24)21-13-4-6-25-7-5-13/h8-11,13H,1-7H2,(H,19,20)(H,21,23). The molecular weight excluding hydrogens is 318 g/mol. The number of aromatic amines is 1. The van der Waals surface area contributed by atoms with Gasteiger partial charge in [0, 0.05) is 36.6 Å². The number of fused-ring (bicyclic) bond motifs is 1. The minimum Gasteiger partial charge on any atom is -0.381 e. The summed E-state index contributed by atoms with van der Waals surface area (Å²) in [6.07, 6.45) is 11.1. The van der Waals surface area contributed by atoms with Gasteiger partial charge in [0.15, 0.2) is 5.65 Å². The van der Waals surface area contributed by atoms with Gasteiger partial charge < -0.3 is 10.1 Å². The van der Waals surface area contributed by atoms with E-state index in [2.05, 4.69) is 25.6 Å². The Morgan fingerprint density at radius 2 is 2.08 bits per heavy atom. The van der Waals surface area contributed by atoms with Gasteiger partial charge in [0.2, 0.25) is 5.95 Å².